The van der Waals surface area contributed by atoms with E-state index in [0.29, 0.717) is 0 Å². The lowest BCUT2D eigenvalue weighted by molar-refractivity contribution is -0.148. The number of nitrogens with one attached hydrogen (secondary N) is 1. The molecule has 2 aliphatic heterocycles. The molecule has 0 radical (unpaired) electrons. The lowest BCUT2D eigenvalue weighted by Gasteiger charge is -2.46. The van der Waals surface area contributed by atoms with Crippen molar-refractivity contribution < 1.29 is 33.9 Å². The highest BCUT2D eigenvalue weighted by Gasteiger charge is 2.50. The second kappa shape index (κ2) is 9.13. The maximum absolute atomic E-state index is 12.7. The predicted octanol–water partition coefficient (Wildman–Crippen LogP) is -0.622. The van der Waals surface area contributed by atoms with Crippen LogP contribution in [-0.4, -0.2) is 74.8 Å². The van der Waals surface area contributed by atoms with Crippen LogP contribution >= 0.6 is 23.1 Å². The number of ether oxygens (including phenoxy) is 1. The number of fused-ring (bicyclic) bond motifs is 1. The molecule has 3 rings (SSSR count). The monoisotopic (exact) mass is 455 g/mol. The van der Waals surface area contributed by atoms with Gasteiger partial charge in [-0.15, -0.1) is 23.1 Å². The topological polar surface area (TPSA) is 174 Å². The number of aliphatic carboxylic acids is 1. The van der Waals surface area contributed by atoms with E-state index in [1.807, 2.05) is 0 Å². The van der Waals surface area contributed by atoms with Gasteiger partial charge in [0, 0.05) is 17.3 Å². The van der Waals surface area contributed by atoms with Gasteiger partial charge in [-0.2, -0.15) is 0 Å². The Morgan fingerprint density at radius 1 is 1.47 bits per heavy atom. The Kier molecular flexibility index (Phi) is 6.56. The molecular weight excluding hydrogens is 438 g/mol. The third-order valence-electron chi connectivity index (χ3n) is 3.97. The first-order valence-electron chi connectivity index (χ1n) is 8.57. The Bertz CT molecular complexity index is 944. The molecule has 3 heterocycles. The lowest BCUT2D eigenvalue weighted by Crippen LogP contribution is -2.69. The maximum Gasteiger partial charge on any atom is 0.347 e. The Labute approximate surface area is 178 Å². The van der Waals surface area contributed by atoms with Gasteiger partial charge in [-0.25, -0.2) is 14.6 Å². The minimum Gasteiger partial charge on any atom is -0.478 e. The fourth-order valence-electron chi connectivity index (χ4n) is 2.59. The molecule has 12 nitrogen and oxygen atoms in total. The molecule has 0 aromatic carbocycles. The van der Waals surface area contributed by atoms with Crippen molar-refractivity contribution in [2.24, 2.45) is 5.16 Å². The van der Waals surface area contributed by atoms with Crippen molar-refractivity contribution in [3.63, 3.8) is 0 Å². The number of carbonyl (C=O) groups is 4. The number of nitrogens with zero attached hydrogens (tertiary/aromatic N) is 3. The van der Waals surface area contributed by atoms with Crippen molar-refractivity contribution in [1.29, 1.82) is 0 Å². The highest BCUT2D eigenvalue weighted by molar-refractivity contribution is 8.00. The van der Waals surface area contributed by atoms with Gasteiger partial charge in [0.25, 0.3) is 11.8 Å². The van der Waals surface area contributed by atoms with Crippen molar-refractivity contribution in [2.75, 3.05) is 24.7 Å². The Hall–Kier alpha value is -3.13. The largest absolute Gasteiger partial charge is 0.478 e. The van der Waals surface area contributed by atoms with Crippen LogP contribution in [-0.2, 0) is 28.8 Å². The number of oxime groups is 1. The number of esters is 1. The summed E-state index contributed by atoms with van der Waals surface area (Å²) >= 11 is 2.29. The number of carboxylic acids is 1. The van der Waals surface area contributed by atoms with Crippen LogP contribution in [0.4, 0.5) is 5.13 Å². The van der Waals surface area contributed by atoms with Crippen LogP contribution in [0.3, 0.4) is 0 Å². The van der Waals surface area contributed by atoms with Gasteiger partial charge in [0.15, 0.2) is 10.8 Å². The number of rotatable bonds is 8. The van der Waals surface area contributed by atoms with E-state index in [2.05, 4.69) is 15.5 Å². The number of carbonyl (C=O) groups excluding carboxylic acids is 3. The molecule has 0 saturated carbocycles. The minimum atomic E-state index is -1.10. The molecule has 4 N–H and O–H groups in total. The highest BCUT2D eigenvalue weighted by Crippen LogP contribution is 2.36. The second-order valence-corrected chi connectivity index (χ2v) is 7.94. The van der Waals surface area contributed by atoms with Gasteiger partial charge in [0.05, 0.1) is 12.2 Å². The number of thiazole rings is 1. The normalized spacial score (nSPS) is 20.6. The van der Waals surface area contributed by atoms with Crippen molar-refractivity contribution >= 4 is 57.7 Å². The maximum atomic E-state index is 12.7. The fourth-order valence-corrected chi connectivity index (χ4v) is 4.39. The first kappa shape index (κ1) is 21.6. The zero-order valence-corrected chi connectivity index (χ0v) is 17.2. The average molecular weight is 455 g/mol. The SMILES string of the molecule is CCOC(=O)CON=C(C(=O)NC1C(=O)N2C=C(C(=O)O)CS[C@H]12)c1csc(N)n1. The van der Waals surface area contributed by atoms with Crippen LogP contribution in [0.1, 0.15) is 12.6 Å². The van der Waals surface area contributed by atoms with Crippen LogP contribution < -0.4 is 11.1 Å². The summed E-state index contributed by atoms with van der Waals surface area (Å²) in [5.74, 6) is -2.78. The summed E-state index contributed by atoms with van der Waals surface area (Å²) in [6.07, 6.45) is 1.27. The molecule has 1 fully saturated rings. The van der Waals surface area contributed by atoms with E-state index in [-0.39, 0.29) is 34.5 Å². The molecule has 2 amide bonds. The summed E-state index contributed by atoms with van der Waals surface area (Å²) in [6, 6.07) is -0.875. The molecule has 14 heteroatoms. The number of amides is 2. The number of aromatic nitrogens is 1. The lowest BCUT2D eigenvalue weighted by atomic mass is 10.1. The molecule has 1 saturated heterocycles. The Balaban J connectivity index is 1.70. The van der Waals surface area contributed by atoms with Crippen molar-refractivity contribution in [1.82, 2.24) is 15.2 Å². The van der Waals surface area contributed by atoms with E-state index < -0.39 is 41.8 Å². The van der Waals surface area contributed by atoms with Crippen LogP contribution in [0.5, 0.6) is 0 Å². The van der Waals surface area contributed by atoms with E-state index in [1.165, 1.54) is 28.2 Å². The van der Waals surface area contributed by atoms with E-state index >= 15 is 0 Å². The highest BCUT2D eigenvalue weighted by atomic mass is 32.2. The predicted molar refractivity (Wildman–Crippen MR) is 106 cm³/mol. The van der Waals surface area contributed by atoms with Gasteiger partial charge in [-0.3, -0.25) is 9.59 Å². The Morgan fingerprint density at radius 2 is 2.23 bits per heavy atom. The summed E-state index contributed by atoms with van der Waals surface area (Å²) in [4.78, 5) is 57.7. The van der Waals surface area contributed by atoms with Gasteiger partial charge >= 0.3 is 11.9 Å². The zero-order valence-electron chi connectivity index (χ0n) is 15.6. The molecule has 2 aliphatic rings. The summed E-state index contributed by atoms with van der Waals surface area (Å²) in [5.41, 5.74) is 5.56. The number of nitrogen functional groups attached to an aromatic ring is 1. The third-order valence-corrected chi connectivity index (χ3v) is 5.96. The number of nitrogens with two attached hydrogens (primary N) is 1. The zero-order chi connectivity index (χ0) is 21.8. The summed E-state index contributed by atoms with van der Waals surface area (Å²) < 4.78 is 4.72. The van der Waals surface area contributed by atoms with Crippen molar-refractivity contribution in [3.05, 3.63) is 22.8 Å². The number of β-lactam (4-membered cyclic amide) rings is 1. The molecule has 30 heavy (non-hydrogen) atoms. The summed E-state index contributed by atoms with van der Waals surface area (Å²) in [6.45, 7) is 1.29. The second-order valence-electron chi connectivity index (χ2n) is 5.95. The third kappa shape index (κ3) is 4.54. The van der Waals surface area contributed by atoms with Gasteiger partial charge < -0.3 is 30.6 Å². The van der Waals surface area contributed by atoms with Gasteiger partial charge in [0.2, 0.25) is 6.61 Å². The van der Waals surface area contributed by atoms with Crippen LogP contribution in [0, 0.1) is 0 Å². The molecule has 1 unspecified atom stereocenters. The average Bonchev–Trinajstić information content (AvgIpc) is 3.14. The van der Waals surface area contributed by atoms with E-state index in [1.54, 1.807) is 6.92 Å². The Morgan fingerprint density at radius 3 is 2.87 bits per heavy atom. The number of thioether (sulfide) groups is 1. The molecule has 0 bridgehead atoms. The van der Waals surface area contributed by atoms with Gasteiger partial charge in [0.1, 0.15) is 17.1 Å². The first-order chi connectivity index (χ1) is 14.3. The summed E-state index contributed by atoms with van der Waals surface area (Å²) in [7, 11) is 0. The van der Waals surface area contributed by atoms with Gasteiger partial charge in [-0.05, 0) is 6.92 Å². The number of hydrogen-bond donors (Lipinski definition) is 3. The number of anilines is 1. The van der Waals surface area contributed by atoms with Crippen molar-refractivity contribution in [3.8, 4) is 0 Å². The van der Waals surface area contributed by atoms with Crippen molar-refractivity contribution in [2.45, 2.75) is 18.3 Å². The molecule has 160 valence electrons. The summed E-state index contributed by atoms with van der Waals surface area (Å²) in [5, 5.41) is 16.5. The number of hydrogen-bond acceptors (Lipinski definition) is 11. The molecule has 1 aromatic heterocycles. The van der Waals surface area contributed by atoms with Crippen LogP contribution in [0.25, 0.3) is 0 Å². The quantitative estimate of drug-likeness (QED) is 0.198. The van der Waals surface area contributed by atoms with Gasteiger partial charge in [-0.1, -0.05) is 5.16 Å². The van der Waals surface area contributed by atoms with E-state index in [9.17, 15) is 19.2 Å². The van der Waals surface area contributed by atoms with Crippen LogP contribution in [0.15, 0.2) is 22.3 Å². The van der Waals surface area contributed by atoms with E-state index in [4.69, 9.17) is 20.4 Å². The van der Waals surface area contributed by atoms with Crippen LogP contribution in [0.2, 0.25) is 0 Å². The standard InChI is InChI=1S/C16H17N5O7S2/c1-2-27-9(22)4-28-20-10(8-6-30-16(17)18-8)12(23)19-11-13(24)21-3-7(15(25)26)5-29-14(11)21/h3,6,11,14H,2,4-5H2,1H3,(H2,17,18)(H,19,23)(H,25,26)/t11?,14-/m1/s1. The molecule has 1 aromatic rings. The minimum absolute atomic E-state index is 0.0990. The molecule has 0 aliphatic carbocycles. The fraction of sp³-hybridized carbons (Fsp3) is 0.375. The first-order valence-corrected chi connectivity index (χ1v) is 10.5. The molecule has 0 spiro atoms. The smallest absolute Gasteiger partial charge is 0.347 e. The molecule has 2 atom stereocenters. The number of carboxylic acid groups (broad SMARTS) is 1. The molecular formula is C16H17N5O7S2. The van der Waals surface area contributed by atoms with E-state index in [0.717, 1.165) is 11.3 Å².